The summed E-state index contributed by atoms with van der Waals surface area (Å²) in [4.78, 5) is 27.7. The molecule has 1 aromatic rings. The van der Waals surface area contributed by atoms with Gasteiger partial charge < -0.3 is 14.7 Å². The predicted octanol–water partition coefficient (Wildman–Crippen LogP) is 1.12. The summed E-state index contributed by atoms with van der Waals surface area (Å²) in [5.74, 6) is -0.124. The first-order valence-electron chi connectivity index (χ1n) is 8.18. The molecule has 8 heteroatoms. The van der Waals surface area contributed by atoms with Gasteiger partial charge in [-0.25, -0.2) is 4.79 Å². The molecule has 0 radical (unpaired) electrons. The van der Waals surface area contributed by atoms with Crippen molar-refractivity contribution >= 4 is 17.7 Å². The molecule has 8 nitrogen and oxygen atoms in total. The Hall–Kier alpha value is -2.09. The van der Waals surface area contributed by atoms with E-state index in [9.17, 15) is 14.7 Å². The lowest BCUT2D eigenvalue weighted by Crippen LogP contribution is -2.47. The minimum Gasteiger partial charge on any atom is -0.444 e. The van der Waals surface area contributed by atoms with E-state index in [1.807, 2.05) is 32.4 Å². The van der Waals surface area contributed by atoms with Crippen LogP contribution in [0.15, 0.2) is 6.20 Å². The van der Waals surface area contributed by atoms with Gasteiger partial charge in [0, 0.05) is 0 Å². The van der Waals surface area contributed by atoms with Crippen molar-refractivity contribution in [3.05, 3.63) is 11.9 Å². The van der Waals surface area contributed by atoms with Crippen molar-refractivity contribution in [1.29, 1.82) is 0 Å². The first-order valence-corrected chi connectivity index (χ1v) is 8.18. The van der Waals surface area contributed by atoms with Crippen LogP contribution >= 0.6 is 0 Å². The van der Waals surface area contributed by atoms with E-state index in [-0.39, 0.29) is 31.0 Å². The van der Waals surface area contributed by atoms with E-state index in [0.717, 1.165) is 5.69 Å². The van der Waals surface area contributed by atoms with Crippen molar-refractivity contribution in [2.24, 2.45) is 0 Å². The van der Waals surface area contributed by atoms with E-state index >= 15 is 0 Å². The molecule has 1 aromatic heterocycles. The van der Waals surface area contributed by atoms with Crippen molar-refractivity contribution < 1.29 is 19.4 Å². The summed E-state index contributed by atoms with van der Waals surface area (Å²) in [6, 6.07) is -0.0556. The van der Waals surface area contributed by atoms with Gasteiger partial charge in [0.25, 0.3) is 0 Å². The number of hydrogen-bond donors (Lipinski definition) is 1. The largest absolute Gasteiger partial charge is 0.444 e. The Bertz CT molecular complexity index is 664. The molecule has 3 rings (SSSR count). The first-order chi connectivity index (χ1) is 11.2. The Labute approximate surface area is 141 Å². The van der Waals surface area contributed by atoms with Crippen LogP contribution in [0, 0.1) is 0 Å². The maximum Gasteiger partial charge on any atom is 0.410 e. The highest BCUT2D eigenvalue weighted by Crippen LogP contribution is 2.30. The molecule has 1 unspecified atom stereocenters. The van der Waals surface area contributed by atoms with Crippen molar-refractivity contribution in [3.8, 4) is 0 Å². The van der Waals surface area contributed by atoms with E-state index < -0.39 is 11.7 Å². The summed E-state index contributed by atoms with van der Waals surface area (Å²) in [6.07, 6.45) is 0.728. The lowest BCUT2D eigenvalue weighted by molar-refractivity contribution is -0.117. The number of aliphatic hydroxyl groups is 1. The van der Waals surface area contributed by atoms with Gasteiger partial charge in [0.1, 0.15) is 5.60 Å². The number of ether oxygens (including phenoxy) is 1. The molecule has 2 aliphatic heterocycles. The monoisotopic (exact) mass is 336 g/mol. The van der Waals surface area contributed by atoms with Crippen molar-refractivity contribution in [1.82, 2.24) is 14.7 Å². The average molecular weight is 336 g/mol. The molecule has 1 fully saturated rings. The zero-order chi connectivity index (χ0) is 17.6. The molecule has 0 spiro atoms. The highest BCUT2D eigenvalue weighted by molar-refractivity contribution is 5.96. The number of aliphatic hydroxyl groups excluding tert-OH is 1. The third-order valence-corrected chi connectivity index (χ3v) is 4.24. The van der Waals surface area contributed by atoms with Gasteiger partial charge >= 0.3 is 6.09 Å². The van der Waals surface area contributed by atoms with Crippen molar-refractivity contribution in [2.75, 3.05) is 11.4 Å². The Balaban J connectivity index is 1.84. The molecule has 1 saturated heterocycles. The lowest BCUT2D eigenvalue weighted by atomic mass is 10.2. The minimum atomic E-state index is -0.655. The van der Waals surface area contributed by atoms with Crippen LogP contribution in [0.25, 0.3) is 0 Å². The number of amides is 2. The smallest absolute Gasteiger partial charge is 0.410 e. The molecule has 24 heavy (non-hydrogen) atoms. The second-order valence-electron chi connectivity index (χ2n) is 7.48. The van der Waals surface area contributed by atoms with E-state index in [1.54, 1.807) is 16.0 Å². The third kappa shape index (κ3) is 3.10. The second-order valence-corrected chi connectivity index (χ2v) is 7.48. The van der Waals surface area contributed by atoms with Gasteiger partial charge in [0.05, 0.1) is 55.8 Å². The fourth-order valence-corrected chi connectivity index (χ4v) is 3.10. The molecule has 0 saturated carbocycles. The zero-order valence-electron chi connectivity index (χ0n) is 14.5. The Morgan fingerprint density at radius 3 is 2.67 bits per heavy atom. The maximum atomic E-state index is 12.5. The third-order valence-electron chi connectivity index (χ3n) is 4.24. The van der Waals surface area contributed by atoms with Crippen LogP contribution in [0.2, 0.25) is 0 Å². The molecule has 3 heterocycles. The molecular formula is C16H24N4O4. The number of anilines is 1. The molecule has 0 aliphatic carbocycles. The number of carbonyl (C=O) groups is 2. The fraction of sp³-hybridized carbons (Fsp3) is 0.688. The molecule has 0 aromatic carbocycles. The van der Waals surface area contributed by atoms with Gasteiger partial charge in [0.15, 0.2) is 0 Å². The Morgan fingerprint density at radius 2 is 2.08 bits per heavy atom. The van der Waals surface area contributed by atoms with Gasteiger partial charge in [-0.05, 0) is 27.7 Å². The van der Waals surface area contributed by atoms with Gasteiger partial charge in [-0.2, -0.15) is 5.10 Å². The Morgan fingerprint density at radius 1 is 1.38 bits per heavy atom. The minimum absolute atomic E-state index is 0.0556. The molecule has 2 amide bonds. The van der Waals surface area contributed by atoms with Gasteiger partial charge in [0.2, 0.25) is 5.91 Å². The van der Waals surface area contributed by atoms with Crippen molar-refractivity contribution in [3.63, 3.8) is 0 Å². The predicted molar refractivity (Wildman–Crippen MR) is 86.4 cm³/mol. The second kappa shape index (κ2) is 5.77. The topological polar surface area (TPSA) is 87.9 Å². The highest BCUT2D eigenvalue weighted by atomic mass is 16.6. The lowest BCUT2D eigenvalue weighted by Gasteiger charge is -2.36. The van der Waals surface area contributed by atoms with Crippen LogP contribution in [0.4, 0.5) is 10.5 Å². The molecule has 1 N–H and O–H groups in total. The van der Waals surface area contributed by atoms with Gasteiger partial charge in [-0.1, -0.05) is 0 Å². The molecule has 2 aliphatic rings. The zero-order valence-corrected chi connectivity index (χ0v) is 14.5. The number of aromatic nitrogens is 2. The van der Waals surface area contributed by atoms with Gasteiger partial charge in [-0.15, -0.1) is 0 Å². The summed E-state index contributed by atoms with van der Waals surface area (Å²) >= 11 is 0. The molecule has 132 valence electrons. The number of carbonyl (C=O) groups excluding carboxylic acids is 2. The van der Waals surface area contributed by atoms with Crippen LogP contribution in [0.3, 0.4) is 0 Å². The van der Waals surface area contributed by atoms with Gasteiger partial charge in [-0.3, -0.25) is 14.4 Å². The molecule has 2 atom stereocenters. The van der Waals surface area contributed by atoms with Crippen LogP contribution in [-0.4, -0.2) is 56.1 Å². The van der Waals surface area contributed by atoms with Crippen molar-refractivity contribution in [2.45, 2.75) is 65.0 Å². The number of hydrogen-bond acceptors (Lipinski definition) is 5. The number of fused-ring (bicyclic) bond motifs is 1. The summed E-state index contributed by atoms with van der Waals surface area (Å²) in [7, 11) is 0. The van der Waals surface area contributed by atoms with E-state index in [4.69, 9.17) is 4.74 Å². The number of rotatable bonds is 1. The summed E-state index contributed by atoms with van der Waals surface area (Å²) in [5, 5.41) is 14.1. The van der Waals surface area contributed by atoms with E-state index in [2.05, 4.69) is 5.10 Å². The number of nitrogens with zero attached hydrogens (tertiary/aromatic N) is 4. The van der Waals surface area contributed by atoms with Crippen LogP contribution in [-0.2, 0) is 22.6 Å². The molecular weight excluding hydrogens is 312 g/mol. The maximum absolute atomic E-state index is 12.5. The van der Waals surface area contributed by atoms with E-state index in [0.29, 0.717) is 18.8 Å². The quantitative estimate of drug-likeness (QED) is 0.830. The fourth-order valence-electron chi connectivity index (χ4n) is 3.10. The standard InChI is InChI=1S/C16H24N4O4/c1-10-7-20-13(9-18(10)15(23)24-16(2,3)4)12(6-17-20)19-8-11(21)5-14(19)22/h6,10-11,21H,5,7-9H2,1-4H3/t10-,11?/m0/s1. The summed E-state index contributed by atoms with van der Waals surface area (Å²) < 4.78 is 7.30. The first kappa shape index (κ1) is 16.8. The van der Waals surface area contributed by atoms with Crippen LogP contribution in [0.1, 0.15) is 39.8 Å². The summed E-state index contributed by atoms with van der Waals surface area (Å²) in [5.41, 5.74) is 0.894. The average Bonchev–Trinajstić information content (AvgIpc) is 2.98. The SMILES string of the molecule is C[C@H]1Cn2ncc(N3CC(O)CC3=O)c2CN1C(=O)OC(C)(C)C. The van der Waals surface area contributed by atoms with E-state index in [1.165, 1.54) is 0 Å². The van der Waals surface area contributed by atoms with Crippen LogP contribution in [0.5, 0.6) is 0 Å². The van der Waals surface area contributed by atoms with Crippen LogP contribution < -0.4 is 4.90 Å². The molecule has 0 bridgehead atoms. The summed E-state index contributed by atoms with van der Waals surface area (Å²) in [6.45, 7) is 8.57. The Kier molecular flexibility index (Phi) is 4.03. The normalized spacial score (nSPS) is 24.3. The highest BCUT2D eigenvalue weighted by Gasteiger charge is 2.36. The number of β-amino-alcohol motifs (C(OH)–C–C–N with tert-alkyl or cyclic N) is 1.